The summed E-state index contributed by atoms with van der Waals surface area (Å²) in [5.41, 5.74) is 0. The molecule has 1 saturated carbocycles. The van der Waals surface area contributed by atoms with Crippen LogP contribution in [0, 0.1) is 5.92 Å². The Hall–Kier alpha value is -0.600. The van der Waals surface area contributed by atoms with Crippen LogP contribution in [0.3, 0.4) is 0 Å². The molecule has 0 radical (unpaired) electrons. The van der Waals surface area contributed by atoms with Crippen molar-refractivity contribution in [3.05, 3.63) is 17.5 Å². The number of sulfonamides is 1. The van der Waals surface area contributed by atoms with Gasteiger partial charge in [-0.2, -0.15) is 17.9 Å². The number of halogens is 3. The molecule has 0 spiro atoms. The monoisotopic (exact) mass is 285 g/mol. The normalized spacial score (nSPS) is 19.2. The maximum absolute atomic E-state index is 12.7. The number of hydrogen-bond acceptors (Lipinski definition) is 3. The van der Waals surface area contributed by atoms with Crippen LogP contribution in [0.25, 0.3) is 0 Å². The third-order valence-corrected chi connectivity index (χ3v) is 5.33. The van der Waals surface area contributed by atoms with Crippen molar-refractivity contribution in [2.24, 2.45) is 5.92 Å². The molecule has 0 aliphatic heterocycles. The van der Waals surface area contributed by atoms with E-state index in [1.165, 1.54) is 17.5 Å². The van der Waals surface area contributed by atoms with Crippen molar-refractivity contribution in [3.8, 4) is 0 Å². The van der Waals surface area contributed by atoms with Crippen molar-refractivity contribution in [2.45, 2.75) is 29.3 Å². The number of alkyl halides is 3. The van der Waals surface area contributed by atoms with E-state index in [1.54, 1.807) is 4.72 Å². The summed E-state index contributed by atoms with van der Waals surface area (Å²) >= 11 is 0.897. The second kappa shape index (κ2) is 4.25. The lowest BCUT2D eigenvalue weighted by atomic mass is 10.2. The van der Waals surface area contributed by atoms with Gasteiger partial charge in [-0.1, -0.05) is 6.07 Å². The molecular formula is C9H10F3NO2S2. The van der Waals surface area contributed by atoms with E-state index in [0.29, 0.717) is 12.8 Å². The maximum Gasteiger partial charge on any atom is 0.405 e. The van der Waals surface area contributed by atoms with Gasteiger partial charge in [0, 0.05) is 0 Å². The molecule has 0 amide bonds. The first kappa shape index (κ1) is 12.8. The Morgan fingerprint density at radius 2 is 2.06 bits per heavy atom. The smallest absolute Gasteiger partial charge is 0.206 e. The Balaban J connectivity index is 2.19. The highest BCUT2D eigenvalue weighted by atomic mass is 32.2. The summed E-state index contributed by atoms with van der Waals surface area (Å²) in [5, 5.41) is 1.51. The molecule has 8 heteroatoms. The molecular weight excluding hydrogens is 275 g/mol. The fourth-order valence-corrected chi connectivity index (χ4v) is 3.80. The second-order valence-corrected chi connectivity index (χ2v) is 6.80. The van der Waals surface area contributed by atoms with Gasteiger partial charge < -0.3 is 0 Å². The van der Waals surface area contributed by atoms with E-state index in [-0.39, 0.29) is 4.21 Å². The largest absolute Gasteiger partial charge is 0.405 e. The summed E-state index contributed by atoms with van der Waals surface area (Å²) in [5.74, 6) is -0.621. The quantitative estimate of drug-likeness (QED) is 0.923. The summed E-state index contributed by atoms with van der Waals surface area (Å²) in [4.78, 5) is 0. The molecule has 2 rings (SSSR count). The van der Waals surface area contributed by atoms with Gasteiger partial charge in [-0.15, -0.1) is 11.3 Å². The van der Waals surface area contributed by atoms with Gasteiger partial charge in [-0.3, -0.25) is 0 Å². The molecule has 1 fully saturated rings. The summed E-state index contributed by atoms with van der Waals surface area (Å²) in [6.45, 7) is 0. The minimum Gasteiger partial charge on any atom is -0.206 e. The van der Waals surface area contributed by atoms with Gasteiger partial charge in [0.25, 0.3) is 10.0 Å². The highest BCUT2D eigenvalue weighted by molar-refractivity contribution is 7.91. The fourth-order valence-electron chi connectivity index (χ4n) is 1.50. The van der Waals surface area contributed by atoms with E-state index < -0.39 is 28.2 Å². The standard InChI is InChI=1S/C9H10F3NO2S2/c10-9(11,12)8(6-3-4-6)13-17(14,15)7-2-1-5-16-7/h1-2,5-6,8,13H,3-4H2. The van der Waals surface area contributed by atoms with Crippen molar-refractivity contribution >= 4 is 21.4 Å². The topological polar surface area (TPSA) is 46.2 Å². The highest BCUT2D eigenvalue weighted by Crippen LogP contribution is 2.40. The first-order valence-electron chi connectivity index (χ1n) is 4.93. The average Bonchev–Trinajstić information content (AvgIpc) is 2.85. The first-order valence-corrected chi connectivity index (χ1v) is 7.29. The van der Waals surface area contributed by atoms with E-state index in [9.17, 15) is 21.6 Å². The van der Waals surface area contributed by atoms with Crippen LogP contribution in [0.5, 0.6) is 0 Å². The summed E-state index contributed by atoms with van der Waals surface area (Å²) < 4.78 is 63.0. The van der Waals surface area contributed by atoms with Crippen molar-refractivity contribution < 1.29 is 21.6 Å². The lowest BCUT2D eigenvalue weighted by Gasteiger charge is -2.20. The van der Waals surface area contributed by atoms with E-state index in [4.69, 9.17) is 0 Å². The Morgan fingerprint density at radius 3 is 2.47 bits per heavy atom. The molecule has 1 atom stereocenters. The predicted molar refractivity (Wildman–Crippen MR) is 57.2 cm³/mol. The first-order chi connectivity index (χ1) is 7.81. The number of thiophene rings is 1. The Kier molecular flexibility index (Phi) is 3.21. The molecule has 0 saturated heterocycles. The van der Waals surface area contributed by atoms with Gasteiger partial charge in [0.05, 0.1) is 0 Å². The van der Waals surface area contributed by atoms with Gasteiger partial charge >= 0.3 is 6.18 Å². The van der Waals surface area contributed by atoms with Crippen molar-refractivity contribution in [2.75, 3.05) is 0 Å². The third kappa shape index (κ3) is 2.99. The molecule has 1 unspecified atom stereocenters. The van der Waals surface area contributed by atoms with Crippen LogP contribution in [0.4, 0.5) is 13.2 Å². The van der Waals surface area contributed by atoms with Crippen LogP contribution in [0.15, 0.2) is 21.7 Å². The molecule has 1 aliphatic carbocycles. The van der Waals surface area contributed by atoms with Gasteiger partial charge in [0.15, 0.2) is 0 Å². The molecule has 1 N–H and O–H groups in total. The molecule has 0 bridgehead atoms. The maximum atomic E-state index is 12.7. The van der Waals surface area contributed by atoms with E-state index >= 15 is 0 Å². The SMILES string of the molecule is O=S(=O)(NC(C1CC1)C(F)(F)F)c1cccs1. The molecule has 1 aromatic heterocycles. The zero-order valence-electron chi connectivity index (χ0n) is 8.57. The zero-order chi connectivity index (χ0) is 12.7. The number of nitrogens with one attached hydrogen (secondary N) is 1. The summed E-state index contributed by atoms with van der Waals surface area (Å²) in [7, 11) is -4.06. The molecule has 3 nitrogen and oxygen atoms in total. The van der Waals surface area contributed by atoms with Crippen LogP contribution < -0.4 is 4.72 Å². The molecule has 17 heavy (non-hydrogen) atoms. The van der Waals surface area contributed by atoms with Crippen LogP contribution in [-0.4, -0.2) is 20.6 Å². The average molecular weight is 285 g/mol. The fraction of sp³-hybridized carbons (Fsp3) is 0.556. The number of rotatable bonds is 4. The molecule has 1 aromatic rings. The van der Waals surface area contributed by atoms with Crippen LogP contribution >= 0.6 is 11.3 Å². The van der Waals surface area contributed by atoms with Crippen molar-refractivity contribution in [1.29, 1.82) is 0 Å². The molecule has 0 aromatic carbocycles. The highest BCUT2D eigenvalue weighted by Gasteiger charge is 2.50. The van der Waals surface area contributed by atoms with Crippen LogP contribution in [0.1, 0.15) is 12.8 Å². The second-order valence-electron chi connectivity index (χ2n) is 3.91. The summed E-state index contributed by atoms with van der Waals surface area (Å²) in [6, 6.07) is 0.807. The molecule has 1 aliphatic rings. The molecule has 1 heterocycles. The van der Waals surface area contributed by atoms with Gasteiger partial charge in [-0.25, -0.2) is 8.42 Å². The lowest BCUT2D eigenvalue weighted by Crippen LogP contribution is -2.46. The third-order valence-electron chi connectivity index (χ3n) is 2.49. The Bertz CT molecular complexity index is 477. The van der Waals surface area contributed by atoms with Gasteiger partial charge in [0.2, 0.25) is 0 Å². The molecule has 96 valence electrons. The van der Waals surface area contributed by atoms with E-state index in [0.717, 1.165) is 11.3 Å². The number of hydrogen-bond donors (Lipinski definition) is 1. The lowest BCUT2D eigenvalue weighted by molar-refractivity contribution is -0.155. The van der Waals surface area contributed by atoms with Gasteiger partial charge in [0.1, 0.15) is 10.3 Å². The predicted octanol–water partition coefficient (Wildman–Crippen LogP) is 2.37. The van der Waals surface area contributed by atoms with Crippen LogP contribution in [-0.2, 0) is 10.0 Å². The summed E-state index contributed by atoms with van der Waals surface area (Å²) in [6.07, 6.45) is -3.71. The Morgan fingerprint density at radius 1 is 1.41 bits per heavy atom. The van der Waals surface area contributed by atoms with Crippen molar-refractivity contribution in [1.82, 2.24) is 4.72 Å². The zero-order valence-corrected chi connectivity index (χ0v) is 10.2. The van der Waals surface area contributed by atoms with Crippen molar-refractivity contribution in [3.63, 3.8) is 0 Å². The van der Waals surface area contributed by atoms with Crippen LogP contribution in [0.2, 0.25) is 0 Å². The van der Waals surface area contributed by atoms with E-state index in [2.05, 4.69) is 0 Å². The minimum absolute atomic E-state index is 0.0904. The van der Waals surface area contributed by atoms with Gasteiger partial charge in [-0.05, 0) is 30.2 Å². The minimum atomic E-state index is -4.54. The Labute approximate surface area is 101 Å². The van der Waals surface area contributed by atoms with E-state index in [1.807, 2.05) is 0 Å².